The van der Waals surface area contributed by atoms with Crippen molar-refractivity contribution in [3.05, 3.63) is 45.9 Å². The predicted octanol–water partition coefficient (Wildman–Crippen LogP) is 2.98. The molecule has 0 unspecified atom stereocenters. The normalized spacial score (nSPS) is 10.2. The van der Waals surface area contributed by atoms with E-state index in [0.29, 0.717) is 18.3 Å². The third-order valence-electron chi connectivity index (χ3n) is 2.84. The Morgan fingerprint density at radius 1 is 1.43 bits per heavy atom. The number of hydrogen-bond acceptors (Lipinski definition) is 5. The van der Waals surface area contributed by atoms with Crippen molar-refractivity contribution in [1.82, 2.24) is 10.3 Å². The minimum absolute atomic E-state index is 0. The highest BCUT2D eigenvalue weighted by atomic mass is 35.5. The molecule has 5 nitrogen and oxygen atoms in total. The second kappa shape index (κ2) is 10.6. The van der Waals surface area contributed by atoms with Crippen LogP contribution in [-0.4, -0.2) is 37.7 Å². The van der Waals surface area contributed by atoms with Crippen molar-refractivity contribution in [2.24, 2.45) is 0 Å². The second-order valence-corrected chi connectivity index (χ2v) is 6.21. The van der Waals surface area contributed by atoms with Gasteiger partial charge in [0.15, 0.2) is 5.13 Å². The third-order valence-corrected chi connectivity index (χ3v) is 3.98. The number of carbonyl (C=O) groups is 1. The van der Waals surface area contributed by atoms with Crippen molar-refractivity contribution >= 4 is 46.4 Å². The zero-order chi connectivity index (χ0) is 15.8. The van der Waals surface area contributed by atoms with Crippen molar-refractivity contribution < 1.29 is 9.53 Å². The van der Waals surface area contributed by atoms with Gasteiger partial charge in [-0.3, -0.25) is 4.79 Å². The van der Waals surface area contributed by atoms with Gasteiger partial charge < -0.3 is 15.4 Å². The van der Waals surface area contributed by atoms with E-state index < -0.39 is 0 Å². The van der Waals surface area contributed by atoms with E-state index in [1.807, 2.05) is 24.3 Å². The number of ether oxygens (including phenoxy) is 1. The lowest BCUT2D eigenvalue weighted by Crippen LogP contribution is -2.30. The number of anilines is 1. The average Bonchev–Trinajstić information content (AvgIpc) is 2.91. The van der Waals surface area contributed by atoms with Gasteiger partial charge in [-0.25, -0.2) is 4.98 Å². The largest absolute Gasteiger partial charge is 0.383 e. The Morgan fingerprint density at radius 3 is 3.00 bits per heavy atom. The monoisotopic (exact) mass is 375 g/mol. The summed E-state index contributed by atoms with van der Waals surface area (Å²) in [6.45, 7) is 1.46. The maximum absolute atomic E-state index is 11.7. The van der Waals surface area contributed by atoms with Crippen LogP contribution < -0.4 is 10.6 Å². The molecule has 2 aromatic rings. The van der Waals surface area contributed by atoms with E-state index in [2.05, 4.69) is 15.6 Å². The summed E-state index contributed by atoms with van der Waals surface area (Å²) in [4.78, 5) is 17.0. The average molecular weight is 376 g/mol. The van der Waals surface area contributed by atoms with Gasteiger partial charge >= 0.3 is 0 Å². The molecule has 1 heterocycles. The van der Waals surface area contributed by atoms with E-state index in [4.69, 9.17) is 16.3 Å². The lowest BCUT2D eigenvalue weighted by molar-refractivity contribution is -0.115. The van der Waals surface area contributed by atoms with E-state index >= 15 is 0 Å². The van der Waals surface area contributed by atoms with Crippen LogP contribution in [0.15, 0.2) is 30.5 Å². The molecule has 0 radical (unpaired) electrons. The van der Waals surface area contributed by atoms with Crippen LogP contribution in [0.1, 0.15) is 10.4 Å². The molecule has 8 heteroatoms. The first-order chi connectivity index (χ1) is 10.7. The van der Waals surface area contributed by atoms with Crippen LogP contribution in [0.5, 0.6) is 0 Å². The molecule has 2 N–H and O–H groups in total. The number of halogens is 2. The van der Waals surface area contributed by atoms with Crippen LogP contribution >= 0.6 is 35.3 Å². The van der Waals surface area contributed by atoms with E-state index in [9.17, 15) is 4.79 Å². The molecule has 1 amide bonds. The zero-order valence-electron chi connectivity index (χ0n) is 12.7. The molecule has 0 atom stereocenters. The highest BCUT2D eigenvalue weighted by Gasteiger charge is 2.07. The van der Waals surface area contributed by atoms with Crippen molar-refractivity contribution in [1.29, 1.82) is 0 Å². The Kier molecular flexibility index (Phi) is 9.13. The van der Waals surface area contributed by atoms with Crippen molar-refractivity contribution in [3.63, 3.8) is 0 Å². The number of thiazole rings is 1. The number of carbonyl (C=O) groups excluding carboxylic acids is 1. The van der Waals surface area contributed by atoms with Crippen molar-refractivity contribution in [2.75, 3.05) is 32.1 Å². The summed E-state index contributed by atoms with van der Waals surface area (Å²) in [5.41, 5.74) is 1.12. The molecular formula is C15H19Cl2N3O2S. The molecule has 2 rings (SSSR count). The number of amides is 1. The fourth-order valence-corrected chi connectivity index (χ4v) is 2.91. The summed E-state index contributed by atoms with van der Waals surface area (Å²) >= 11 is 7.44. The van der Waals surface area contributed by atoms with Gasteiger partial charge in [0.25, 0.3) is 0 Å². The quantitative estimate of drug-likeness (QED) is 0.696. The van der Waals surface area contributed by atoms with Gasteiger partial charge in [0.1, 0.15) is 0 Å². The standard InChI is InChI=1S/C15H18ClN3O2S.ClH/c1-21-6-5-17-10-14(20)19-15-18-9-13(22-15)8-11-3-2-4-12(16)7-11;/h2-4,7,9,17H,5-6,8,10H2,1H3,(H,18,19,20);1H. The lowest BCUT2D eigenvalue weighted by atomic mass is 10.1. The molecule has 0 saturated carbocycles. The molecule has 0 saturated heterocycles. The van der Waals surface area contributed by atoms with Gasteiger partial charge in [-0.15, -0.1) is 23.7 Å². The SMILES string of the molecule is COCCNCC(=O)Nc1ncc(Cc2cccc(Cl)c2)s1.Cl. The number of hydrogen-bond donors (Lipinski definition) is 2. The Morgan fingerprint density at radius 2 is 2.26 bits per heavy atom. The van der Waals surface area contributed by atoms with Gasteiger partial charge in [0.05, 0.1) is 13.2 Å². The first-order valence-electron chi connectivity index (χ1n) is 6.86. The molecule has 0 aliphatic rings. The maximum Gasteiger partial charge on any atom is 0.240 e. The molecule has 126 valence electrons. The molecule has 1 aromatic heterocycles. The molecule has 23 heavy (non-hydrogen) atoms. The first-order valence-corrected chi connectivity index (χ1v) is 8.05. The van der Waals surface area contributed by atoms with Crippen LogP contribution in [0, 0.1) is 0 Å². The summed E-state index contributed by atoms with van der Waals surface area (Å²) in [6, 6.07) is 7.72. The molecule has 0 aliphatic heterocycles. The minimum atomic E-state index is -0.111. The Labute approximate surface area is 150 Å². The number of rotatable bonds is 8. The van der Waals surface area contributed by atoms with Crippen molar-refractivity contribution in [2.45, 2.75) is 6.42 Å². The van der Waals surface area contributed by atoms with E-state index in [-0.39, 0.29) is 24.9 Å². The number of benzene rings is 1. The molecule has 0 bridgehead atoms. The van der Waals surface area contributed by atoms with Crippen LogP contribution in [0.4, 0.5) is 5.13 Å². The Balaban J connectivity index is 0.00000264. The number of methoxy groups -OCH3 is 1. The topological polar surface area (TPSA) is 63.2 Å². The Hall–Kier alpha value is -1.18. The van der Waals surface area contributed by atoms with Gasteiger partial charge in [-0.05, 0) is 17.7 Å². The van der Waals surface area contributed by atoms with E-state index in [1.54, 1.807) is 13.3 Å². The Bertz CT molecular complexity index is 622. The zero-order valence-corrected chi connectivity index (χ0v) is 15.1. The number of nitrogens with one attached hydrogen (secondary N) is 2. The predicted molar refractivity (Wildman–Crippen MR) is 97.0 cm³/mol. The van der Waals surface area contributed by atoms with E-state index in [0.717, 1.165) is 21.9 Å². The highest BCUT2D eigenvalue weighted by molar-refractivity contribution is 7.15. The van der Waals surface area contributed by atoms with Crippen LogP contribution in [-0.2, 0) is 16.0 Å². The summed E-state index contributed by atoms with van der Waals surface area (Å²) in [6.07, 6.45) is 2.53. The first kappa shape index (κ1) is 19.9. The fraction of sp³-hybridized carbons (Fsp3) is 0.333. The van der Waals surface area contributed by atoms with Crippen LogP contribution in [0.25, 0.3) is 0 Å². The summed E-state index contributed by atoms with van der Waals surface area (Å²) < 4.78 is 4.90. The minimum Gasteiger partial charge on any atom is -0.383 e. The summed E-state index contributed by atoms with van der Waals surface area (Å²) in [5.74, 6) is -0.111. The number of aromatic nitrogens is 1. The summed E-state index contributed by atoms with van der Waals surface area (Å²) in [5, 5.41) is 7.09. The molecule has 0 aliphatic carbocycles. The molecule has 1 aromatic carbocycles. The molecular weight excluding hydrogens is 357 g/mol. The van der Waals surface area contributed by atoms with Gasteiger partial charge in [-0.1, -0.05) is 23.7 Å². The van der Waals surface area contributed by atoms with Crippen LogP contribution in [0.2, 0.25) is 5.02 Å². The maximum atomic E-state index is 11.7. The fourth-order valence-electron chi connectivity index (χ4n) is 1.83. The third kappa shape index (κ3) is 7.28. The van der Waals surface area contributed by atoms with Crippen LogP contribution in [0.3, 0.4) is 0 Å². The number of nitrogens with zero attached hydrogens (tertiary/aromatic N) is 1. The summed E-state index contributed by atoms with van der Waals surface area (Å²) in [7, 11) is 1.62. The molecule has 0 fully saturated rings. The van der Waals surface area contributed by atoms with Gasteiger partial charge in [0.2, 0.25) is 5.91 Å². The van der Waals surface area contributed by atoms with E-state index in [1.165, 1.54) is 11.3 Å². The van der Waals surface area contributed by atoms with Crippen molar-refractivity contribution in [3.8, 4) is 0 Å². The van der Waals surface area contributed by atoms with Gasteiger partial charge in [-0.2, -0.15) is 0 Å². The second-order valence-electron chi connectivity index (χ2n) is 4.66. The van der Waals surface area contributed by atoms with Gasteiger partial charge in [0, 0.05) is 36.2 Å². The lowest BCUT2D eigenvalue weighted by Gasteiger charge is -2.03. The highest BCUT2D eigenvalue weighted by Crippen LogP contribution is 2.22. The smallest absolute Gasteiger partial charge is 0.240 e. The molecule has 0 spiro atoms.